The van der Waals surface area contributed by atoms with E-state index in [1.54, 1.807) is 35.6 Å². The van der Waals surface area contributed by atoms with Gasteiger partial charge in [0, 0.05) is 17.0 Å². The monoisotopic (exact) mass is 348 g/mol. The molecule has 1 unspecified atom stereocenters. The van der Waals surface area contributed by atoms with Gasteiger partial charge in [0.25, 0.3) is 5.91 Å². The molecular weight excluding hydrogens is 324 g/mol. The van der Waals surface area contributed by atoms with E-state index in [0.29, 0.717) is 17.9 Å². The van der Waals surface area contributed by atoms with E-state index in [0.717, 1.165) is 6.42 Å². The van der Waals surface area contributed by atoms with Crippen molar-refractivity contribution in [3.63, 3.8) is 0 Å². The van der Waals surface area contributed by atoms with Crippen LogP contribution in [-0.4, -0.2) is 35.8 Å². The van der Waals surface area contributed by atoms with Gasteiger partial charge in [0.15, 0.2) is 0 Å². The Hall–Kier alpha value is -1.89. The highest BCUT2D eigenvalue weighted by atomic mass is 32.1. The second-order valence-electron chi connectivity index (χ2n) is 6.35. The van der Waals surface area contributed by atoms with Crippen LogP contribution in [0.1, 0.15) is 29.1 Å². The molecule has 0 radical (unpaired) electrons. The first-order valence-corrected chi connectivity index (χ1v) is 8.72. The van der Waals surface area contributed by atoms with Gasteiger partial charge in [0.2, 0.25) is 0 Å². The molecule has 0 fully saturated rings. The maximum Gasteiger partial charge on any atom is 0.252 e. The molecule has 0 aliphatic carbocycles. The lowest BCUT2D eigenvalue weighted by Gasteiger charge is -2.27. The average Bonchev–Trinajstić information content (AvgIpc) is 3.03. The van der Waals surface area contributed by atoms with Crippen LogP contribution in [0.3, 0.4) is 0 Å². The number of para-hydroxylation sites is 1. The standard InChI is InChI=1S/C18H24N2O3S/c1-18(2,10-14-6-5-9-24-14)20-11-13(21)12-23-16-8-4-3-7-15(16)17(19)22/h3-9,13,20-21H,10-12H2,1-2H3,(H2,19,22). The molecule has 4 N–H and O–H groups in total. The van der Waals surface area contributed by atoms with Crippen molar-refractivity contribution in [1.82, 2.24) is 5.32 Å². The van der Waals surface area contributed by atoms with Gasteiger partial charge < -0.3 is 20.9 Å². The van der Waals surface area contributed by atoms with Crippen LogP contribution in [0.25, 0.3) is 0 Å². The molecule has 0 spiro atoms. The van der Waals surface area contributed by atoms with Crippen molar-refractivity contribution in [2.24, 2.45) is 5.73 Å². The van der Waals surface area contributed by atoms with Crippen molar-refractivity contribution in [3.05, 3.63) is 52.2 Å². The number of aliphatic hydroxyl groups is 1. The summed E-state index contributed by atoms with van der Waals surface area (Å²) in [5.74, 6) is -0.155. The van der Waals surface area contributed by atoms with Crippen LogP contribution in [0.5, 0.6) is 5.75 Å². The fourth-order valence-corrected chi connectivity index (χ4v) is 3.28. The van der Waals surface area contributed by atoms with Gasteiger partial charge in [-0.3, -0.25) is 4.79 Å². The van der Waals surface area contributed by atoms with Crippen LogP contribution in [0.15, 0.2) is 41.8 Å². The number of ether oxygens (including phenoxy) is 1. The van der Waals surface area contributed by atoms with Crippen molar-refractivity contribution in [3.8, 4) is 5.75 Å². The van der Waals surface area contributed by atoms with Crippen LogP contribution >= 0.6 is 11.3 Å². The van der Waals surface area contributed by atoms with E-state index in [4.69, 9.17) is 10.5 Å². The summed E-state index contributed by atoms with van der Waals surface area (Å²) in [5.41, 5.74) is 5.50. The van der Waals surface area contributed by atoms with E-state index < -0.39 is 12.0 Å². The van der Waals surface area contributed by atoms with Crippen molar-refractivity contribution in [2.75, 3.05) is 13.2 Å². The SMILES string of the molecule is CC(C)(Cc1cccs1)NCC(O)COc1ccccc1C(N)=O. The van der Waals surface area contributed by atoms with Gasteiger partial charge in [-0.1, -0.05) is 18.2 Å². The zero-order chi connectivity index (χ0) is 17.6. The largest absolute Gasteiger partial charge is 0.490 e. The van der Waals surface area contributed by atoms with Gasteiger partial charge in [-0.2, -0.15) is 0 Å². The number of benzene rings is 1. The zero-order valence-corrected chi connectivity index (χ0v) is 14.8. The molecule has 0 saturated heterocycles. The smallest absolute Gasteiger partial charge is 0.252 e. The Morgan fingerprint density at radius 1 is 1.33 bits per heavy atom. The summed E-state index contributed by atoms with van der Waals surface area (Å²) in [4.78, 5) is 12.6. The number of rotatable bonds is 9. The fourth-order valence-electron chi connectivity index (χ4n) is 2.35. The van der Waals surface area contributed by atoms with Gasteiger partial charge in [-0.15, -0.1) is 11.3 Å². The molecular formula is C18H24N2O3S. The zero-order valence-electron chi connectivity index (χ0n) is 14.0. The number of thiophene rings is 1. The van der Waals surface area contributed by atoms with Crippen LogP contribution in [0.2, 0.25) is 0 Å². The molecule has 1 aromatic carbocycles. The summed E-state index contributed by atoms with van der Waals surface area (Å²) in [6, 6.07) is 10.9. The van der Waals surface area contributed by atoms with Crippen molar-refractivity contribution in [1.29, 1.82) is 0 Å². The number of amides is 1. The maximum atomic E-state index is 11.3. The Bertz CT molecular complexity index is 656. The van der Waals surface area contributed by atoms with Crippen LogP contribution < -0.4 is 15.8 Å². The minimum atomic E-state index is -0.687. The van der Waals surface area contributed by atoms with Crippen molar-refractivity contribution in [2.45, 2.75) is 31.9 Å². The fraction of sp³-hybridized carbons (Fsp3) is 0.389. The first-order chi connectivity index (χ1) is 11.4. The summed E-state index contributed by atoms with van der Waals surface area (Å²) >= 11 is 1.72. The molecule has 5 nitrogen and oxygen atoms in total. The topological polar surface area (TPSA) is 84.6 Å². The Labute approximate surface area is 146 Å². The molecule has 1 atom stereocenters. The van der Waals surface area contributed by atoms with E-state index >= 15 is 0 Å². The number of β-amino-alcohol motifs (C(OH)–C–C–N with tert-alkyl or cyclic N) is 1. The molecule has 0 aliphatic rings. The molecule has 2 aromatic rings. The molecule has 130 valence electrons. The van der Waals surface area contributed by atoms with E-state index in [1.807, 2.05) is 6.07 Å². The maximum absolute atomic E-state index is 11.3. The van der Waals surface area contributed by atoms with E-state index in [1.165, 1.54) is 4.88 Å². The number of hydrogen-bond acceptors (Lipinski definition) is 5. The third-order valence-electron chi connectivity index (χ3n) is 3.60. The Balaban J connectivity index is 1.81. The molecule has 0 aliphatic heterocycles. The highest BCUT2D eigenvalue weighted by Crippen LogP contribution is 2.18. The van der Waals surface area contributed by atoms with Crippen molar-refractivity contribution >= 4 is 17.2 Å². The van der Waals surface area contributed by atoms with Gasteiger partial charge in [0.1, 0.15) is 18.5 Å². The lowest BCUT2D eigenvalue weighted by atomic mass is 9.99. The molecule has 1 amide bonds. The second kappa shape index (κ2) is 8.28. The quantitative estimate of drug-likeness (QED) is 0.648. The first-order valence-electron chi connectivity index (χ1n) is 7.84. The molecule has 24 heavy (non-hydrogen) atoms. The second-order valence-corrected chi connectivity index (χ2v) is 7.38. The molecule has 0 saturated carbocycles. The third kappa shape index (κ3) is 5.63. The number of nitrogens with one attached hydrogen (secondary N) is 1. The predicted octanol–water partition coefficient (Wildman–Crippen LogP) is 2.20. The number of primary amides is 1. The summed E-state index contributed by atoms with van der Waals surface area (Å²) < 4.78 is 5.54. The Morgan fingerprint density at radius 2 is 2.08 bits per heavy atom. The van der Waals surface area contributed by atoms with Crippen LogP contribution in [-0.2, 0) is 6.42 Å². The highest BCUT2D eigenvalue weighted by Gasteiger charge is 2.20. The van der Waals surface area contributed by atoms with Gasteiger partial charge in [-0.25, -0.2) is 0 Å². The van der Waals surface area contributed by atoms with Gasteiger partial charge in [0.05, 0.1) is 5.56 Å². The number of nitrogens with two attached hydrogens (primary N) is 1. The van der Waals surface area contributed by atoms with Crippen LogP contribution in [0, 0.1) is 0 Å². The average molecular weight is 348 g/mol. The lowest BCUT2D eigenvalue weighted by molar-refractivity contribution is 0.0938. The molecule has 1 heterocycles. The summed E-state index contributed by atoms with van der Waals surface area (Å²) in [7, 11) is 0. The van der Waals surface area contributed by atoms with Gasteiger partial charge in [-0.05, 0) is 43.8 Å². The summed E-state index contributed by atoms with van der Waals surface area (Å²) in [5, 5.41) is 15.5. The molecule has 1 aromatic heterocycles. The number of aliphatic hydroxyl groups excluding tert-OH is 1. The summed E-state index contributed by atoms with van der Waals surface area (Å²) in [6.45, 7) is 4.69. The minimum absolute atomic E-state index is 0.0897. The Morgan fingerprint density at radius 3 is 2.75 bits per heavy atom. The van der Waals surface area contributed by atoms with E-state index in [-0.39, 0.29) is 12.1 Å². The molecule has 0 bridgehead atoms. The normalized spacial score (nSPS) is 12.8. The van der Waals surface area contributed by atoms with Crippen LogP contribution in [0.4, 0.5) is 0 Å². The summed E-state index contributed by atoms with van der Waals surface area (Å²) in [6.07, 6.45) is 0.205. The molecule has 6 heteroatoms. The number of carbonyl (C=O) groups excluding carboxylic acids is 1. The van der Waals surface area contributed by atoms with E-state index in [9.17, 15) is 9.90 Å². The Kier molecular flexibility index (Phi) is 6.36. The van der Waals surface area contributed by atoms with E-state index in [2.05, 4.69) is 30.6 Å². The highest BCUT2D eigenvalue weighted by molar-refractivity contribution is 7.09. The first kappa shape index (κ1) is 18.4. The number of hydrogen-bond donors (Lipinski definition) is 3. The third-order valence-corrected chi connectivity index (χ3v) is 4.47. The van der Waals surface area contributed by atoms with Gasteiger partial charge >= 0.3 is 0 Å². The minimum Gasteiger partial charge on any atom is -0.490 e. The number of carbonyl (C=O) groups is 1. The molecule has 2 rings (SSSR count). The van der Waals surface area contributed by atoms with Crippen molar-refractivity contribution < 1.29 is 14.6 Å². The lowest BCUT2D eigenvalue weighted by Crippen LogP contribution is -2.46. The predicted molar refractivity (Wildman–Crippen MR) is 96.6 cm³/mol.